The van der Waals surface area contributed by atoms with E-state index in [4.69, 9.17) is 16.3 Å². The molecule has 1 atom stereocenters. The summed E-state index contributed by atoms with van der Waals surface area (Å²) in [6, 6.07) is 11.0. The molecule has 4 heteroatoms. The number of hydrogen-bond donors (Lipinski definition) is 1. The predicted molar refractivity (Wildman–Crippen MR) is 66.1 cm³/mol. The van der Waals surface area contributed by atoms with E-state index < -0.39 is 6.10 Å². The van der Waals surface area contributed by atoms with Crippen molar-refractivity contribution in [1.29, 1.82) is 0 Å². The van der Waals surface area contributed by atoms with Crippen LogP contribution in [-0.2, 0) is 0 Å². The molecule has 17 heavy (non-hydrogen) atoms. The van der Waals surface area contributed by atoms with E-state index in [2.05, 4.69) is 4.98 Å². The minimum Gasteiger partial charge on any atom is -0.489 e. The normalized spacial score (nSPS) is 12.1. The zero-order valence-electron chi connectivity index (χ0n) is 9.08. The number of hydrogen-bond acceptors (Lipinski definition) is 3. The third kappa shape index (κ3) is 3.44. The highest BCUT2D eigenvalue weighted by molar-refractivity contribution is 6.30. The summed E-state index contributed by atoms with van der Waals surface area (Å²) >= 11 is 5.77. The molecule has 0 aliphatic heterocycles. The van der Waals surface area contributed by atoms with E-state index in [1.54, 1.807) is 12.3 Å². The van der Waals surface area contributed by atoms with Crippen molar-refractivity contribution in [3.8, 4) is 5.75 Å². The fourth-order valence-electron chi connectivity index (χ4n) is 1.42. The van der Waals surface area contributed by atoms with Gasteiger partial charge in [0, 0.05) is 12.3 Å². The van der Waals surface area contributed by atoms with Crippen molar-refractivity contribution in [2.75, 3.05) is 6.61 Å². The molecule has 1 unspecified atom stereocenters. The number of halogens is 1. The standard InChI is InChI=1S/C13H12ClNO2/c14-11-6-12(8-15-7-11)17-9-13(16)10-4-2-1-3-5-10/h1-8,13,16H,9H2. The van der Waals surface area contributed by atoms with E-state index >= 15 is 0 Å². The summed E-state index contributed by atoms with van der Waals surface area (Å²) < 4.78 is 5.41. The van der Waals surface area contributed by atoms with E-state index in [1.807, 2.05) is 30.3 Å². The molecule has 0 amide bonds. The highest BCUT2D eigenvalue weighted by atomic mass is 35.5. The lowest BCUT2D eigenvalue weighted by Crippen LogP contribution is -2.09. The molecule has 3 nitrogen and oxygen atoms in total. The number of aliphatic hydroxyl groups excluding tert-OH is 1. The summed E-state index contributed by atoms with van der Waals surface area (Å²) in [5.41, 5.74) is 0.822. The summed E-state index contributed by atoms with van der Waals surface area (Å²) in [6.45, 7) is 0.173. The van der Waals surface area contributed by atoms with E-state index in [-0.39, 0.29) is 6.61 Å². The van der Waals surface area contributed by atoms with Gasteiger partial charge in [-0.05, 0) is 5.56 Å². The zero-order valence-corrected chi connectivity index (χ0v) is 9.84. The first-order valence-electron chi connectivity index (χ1n) is 5.22. The van der Waals surface area contributed by atoms with Crippen LogP contribution in [0.4, 0.5) is 0 Å². The van der Waals surface area contributed by atoms with Crippen LogP contribution in [0.5, 0.6) is 5.75 Å². The molecule has 0 spiro atoms. The van der Waals surface area contributed by atoms with Crippen LogP contribution < -0.4 is 4.74 Å². The first kappa shape index (κ1) is 11.9. The number of aliphatic hydroxyl groups is 1. The highest BCUT2D eigenvalue weighted by Crippen LogP contribution is 2.18. The third-order valence-electron chi connectivity index (χ3n) is 2.27. The molecule has 0 radical (unpaired) electrons. The Bertz CT molecular complexity index is 476. The number of benzene rings is 1. The van der Waals surface area contributed by atoms with Gasteiger partial charge in [-0.15, -0.1) is 0 Å². The van der Waals surface area contributed by atoms with Crippen molar-refractivity contribution in [1.82, 2.24) is 4.98 Å². The van der Waals surface area contributed by atoms with Gasteiger partial charge in [0.2, 0.25) is 0 Å². The molecule has 2 rings (SSSR count). The lowest BCUT2D eigenvalue weighted by Gasteiger charge is -2.12. The van der Waals surface area contributed by atoms with E-state index in [1.165, 1.54) is 6.20 Å². The number of rotatable bonds is 4. The second-order valence-corrected chi connectivity index (χ2v) is 4.01. The van der Waals surface area contributed by atoms with Crippen LogP contribution in [0.2, 0.25) is 5.02 Å². The highest BCUT2D eigenvalue weighted by Gasteiger charge is 2.07. The van der Waals surface area contributed by atoms with Gasteiger partial charge < -0.3 is 9.84 Å². The van der Waals surface area contributed by atoms with Crippen molar-refractivity contribution in [3.63, 3.8) is 0 Å². The molecule has 1 N–H and O–H groups in total. The van der Waals surface area contributed by atoms with E-state index in [9.17, 15) is 5.11 Å². The predicted octanol–water partition coefficient (Wildman–Crippen LogP) is 2.85. The Morgan fingerprint density at radius 2 is 2.00 bits per heavy atom. The van der Waals surface area contributed by atoms with Gasteiger partial charge in [0.05, 0.1) is 11.2 Å². The SMILES string of the molecule is OC(COc1cncc(Cl)c1)c1ccccc1. The molecule has 0 aliphatic rings. The maximum Gasteiger partial charge on any atom is 0.139 e. The Kier molecular flexibility index (Phi) is 3.96. The average Bonchev–Trinajstić information content (AvgIpc) is 2.37. The molecule has 1 aromatic carbocycles. The van der Waals surface area contributed by atoms with Gasteiger partial charge >= 0.3 is 0 Å². The molecule has 0 bridgehead atoms. The fourth-order valence-corrected chi connectivity index (χ4v) is 1.58. The molecule has 2 aromatic rings. The number of pyridine rings is 1. The summed E-state index contributed by atoms with van der Waals surface area (Å²) in [6.07, 6.45) is 2.43. The minimum atomic E-state index is -0.657. The van der Waals surface area contributed by atoms with Gasteiger partial charge in [-0.25, -0.2) is 0 Å². The van der Waals surface area contributed by atoms with Crippen LogP contribution in [0.25, 0.3) is 0 Å². The minimum absolute atomic E-state index is 0.173. The number of nitrogens with zero attached hydrogens (tertiary/aromatic N) is 1. The number of ether oxygens (including phenoxy) is 1. The van der Waals surface area contributed by atoms with Crippen LogP contribution in [0.15, 0.2) is 48.8 Å². The molecule has 1 aromatic heterocycles. The van der Waals surface area contributed by atoms with Crippen LogP contribution in [0.1, 0.15) is 11.7 Å². The van der Waals surface area contributed by atoms with Crippen molar-refractivity contribution < 1.29 is 9.84 Å². The first-order valence-corrected chi connectivity index (χ1v) is 5.60. The van der Waals surface area contributed by atoms with E-state index in [0.29, 0.717) is 10.8 Å². The van der Waals surface area contributed by atoms with Gasteiger partial charge in [-0.1, -0.05) is 41.9 Å². The monoisotopic (exact) mass is 249 g/mol. The van der Waals surface area contributed by atoms with Crippen LogP contribution in [-0.4, -0.2) is 16.7 Å². The average molecular weight is 250 g/mol. The second kappa shape index (κ2) is 5.66. The summed E-state index contributed by atoms with van der Waals surface area (Å²) in [5, 5.41) is 10.4. The maximum absolute atomic E-state index is 9.87. The summed E-state index contributed by atoms with van der Waals surface area (Å²) in [4.78, 5) is 3.90. The Morgan fingerprint density at radius 3 is 2.71 bits per heavy atom. The first-order chi connectivity index (χ1) is 8.25. The van der Waals surface area contributed by atoms with Crippen LogP contribution >= 0.6 is 11.6 Å². The largest absolute Gasteiger partial charge is 0.489 e. The van der Waals surface area contributed by atoms with Gasteiger partial charge in [0.25, 0.3) is 0 Å². The molecule has 0 fully saturated rings. The Labute approximate surface area is 105 Å². The second-order valence-electron chi connectivity index (χ2n) is 3.58. The molecule has 0 saturated carbocycles. The molecule has 88 valence electrons. The van der Waals surface area contributed by atoms with Gasteiger partial charge in [-0.3, -0.25) is 4.98 Å². The lowest BCUT2D eigenvalue weighted by molar-refractivity contribution is 0.108. The molecule has 0 aliphatic carbocycles. The van der Waals surface area contributed by atoms with Crippen molar-refractivity contribution in [3.05, 3.63) is 59.4 Å². The quantitative estimate of drug-likeness (QED) is 0.906. The molecular weight excluding hydrogens is 238 g/mol. The maximum atomic E-state index is 9.87. The van der Waals surface area contributed by atoms with Crippen LogP contribution in [0.3, 0.4) is 0 Å². The van der Waals surface area contributed by atoms with Gasteiger partial charge in [0.1, 0.15) is 18.5 Å². The van der Waals surface area contributed by atoms with Crippen molar-refractivity contribution >= 4 is 11.6 Å². The lowest BCUT2D eigenvalue weighted by atomic mass is 10.1. The number of aromatic nitrogens is 1. The summed E-state index contributed by atoms with van der Waals surface area (Å²) in [5.74, 6) is 0.549. The molecule has 1 heterocycles. The Hall–Kier alpha value is -1.58. The Balaban J connectivity index is 1.95. The van der Waals surface area contributed by atoms with Crippen LogP contribution in [0, 0.1) is 0 Å². The smallest absolute Gasteiger partial charge is 0.139 e. The third-order valence-corrected chi connectivity index (χ3v) is 2.48. The van der Waals surface area contributed by atoms with Gasteiger partial charge in [-0.2, -0.15) is 0 Å². The topological polar surface area (TPSA) is 42.4 Å². The summed E-state index contributed by atoms with van der Waals surface area (Å²) in [7, 11) is 0. The van der Waals surface area contributed by atoms with Crippen molar-refractivity contribution in [2.24, 2.45) is 0 Å². The fraction of sp³-hybridized carbons (Fsp3) is 0.154. The zero-order chi connectivity index (χ0) is 12.1. The van der Waals surface area contributed by atoms with E-state index in [0.717, 1.165) is 5.56 Å². The molecule has 0 saturated heterocycles. The molecular formula is C13H12ClNO2. The van der Waals surface area contributed by atoms with Gasteiger partial charge in [0.15, 0.2) is 0 Å². The van der Waals surface area contributed by atoms with Crippen molar-refractivity contribution in [2.45, 2.75) is 6.10 Å². The Morgan fingerprint density at radius 1 is 1.24 bits per heavy atom.